The fourth-order valence-corrected chi connectivity index (χ4v) is 4.13. The van der Waals surface area contributed by atoms with Crippen molar-refractivity contribution >= 4 is 11.6 Å². The quantitative estimate of drug-likeness (QED) is 0.445. The van der Waals surface area contributed by atoms with Crippen LogP contribution in [0.15, 0.2) is 65.7 Å². The molecule has 30 heavy (non-hydrogen) atoms. The van der Waals surface area contributed by atoms with Crippen LogP contribution in [0.1, 0.15) is 38.2 Å². The maximum Gasteiger partial charge on any atom is 0.426 e. The van der Waals surface area contributed by atoms with Crippen molar-refractivity contribution in [2.45, 2.75) is 38.8 Å². The van der Waals surface area contributed by atoms with E-state index in [9.17, 15) is 18.4 Å². The maximum absolute atomic E-state index is 12.7. The van der Waals surface area contributed by atoms with E-state index in [2.05, 4.69) is 6.07 Å². The normalized spacial score (nSPS) is 21.6. The Kier molecular flexibility index (Phi) is 6.47. The van der Waals surface area contributed by atoms with E-state index in [-0.39, 0.29) is 23.2 Å². The molecule has 3 rings (SSSR count). The molecule has 0 saturated heterocycles. The highest BCUT2D eigenvalue weighted by molar-refractivity contribution is 6.30. The summed E-state index contributed by atoms with van der Waals surface area (Å²) in [5, 5.41) is 8.60. The summed E-state index contributed by atoms with van der Waals surface area (Å²) in [7, 11) is 0. The average Bonchev–Trinajstić information content (AvgIpc) is 3.21. The molecule has 2 nitrogen and oxygen atoms in total. The van der Waals surface area contributed by atoms with E-state index < -0.39 is 11.2 Å². The fourth-order valence-electron chi connectivity index (χ4n) is 3.99. The van der Waals surface area contributed by atoms with Crippen molar-refractivity contribution < 1.29 is 17.9 Å². The van der Waals surface area contributed by atoms with Crippen LogP contribution in [0, 0.1) is 28.6 Å². The zero-order valence-electron chi connectivity index (χ0n) is 16.8. The van der Waals surface area contributed by atoms with Crippen LogP contribution >= 0.6 is 11.6 Å². The van der Waals surface area contributed by atoms with Crippen LogP contribution in [0.25, 0.3) is 0 Å². The third kappa shape index (κ3) is 5.17. The fraction of sp³-hybridized carbons (Fsp3) is 0.375. The van der Waals surface area contributed by atoms with Crippen molar-refractivity contribution in [3.63, 3.8) is 0 Å². The van der Waals surface area contributed by atoms with E-state index in [1.54, 1.807) is 0 Å². The molecule has 0 aliphatic heterocycles. The molecule has 0 N–H and O–H groups in total. The van der Waals surface area contributed by atoms with Gasteiger partial charge in [-0.25, -0.2) is 0 Å². The molecule has 1 saturated carbocycles. The molecule has 2 aromatic carbocycles. The molecule has 0 amide bonds. The molecular formula is C24H23ClF3NO. The number of hydrogen-bond acceptors (Lipinski definition) is 2. The molecule has 3 unspecified atom stereocenters. The van der Waals surface area contributed by atoms with Gasteiger partial charge >= 0.3 is 6.18 Å². The van der Waals surface area contributed by atoms with Crippen LogP contribution in [0.5, 0.6) is 11.5 Å². The Morgan fingerprint density at radius 3 is 2.47 bits per heavy atom. The molecule has 1 aliphatic rings. The molecule has 1 fully saturated rings. The molecule has 3 atom stereocenters. The number of benzene rings is 2. The number of halogens is 4. The minimum absolute atomic E-state index is 0.0631. The van der Waals surface area contributed by atoms with Gasteiger partial charge in [0.25, 0.3) is 0 Å². The van der Waals surface area contributed by atoms with Gasteiger partial charge in [0.05, 0.1) is 12.0 Å². The van der Waals surface area contributed by atoms with E-state index >= 15 is 0 Å². The van der Waals surface area contributed by atoms with Crippen molar-refractivity contribution in [3.05, 3.63) is 71.3 Å². The summed E-state index contributed by atoms with van der Waals surface area (Å²) in [5.74, 6) is 0.817. The highest BCUT2D eigenvalue weighted by Gasteiger charge is 2.56. The molecule has 1 aliphatic carbocycles. The summed E-state index contributed by atoms with van der Waals surface area (Å²) in [5.41, 5.74) is 0.578. The molecule has 2 aromatic rings. The van der Waals surface area contributed by atoms with Crippen molar-refractivity contribution in [2.24, 2.45) is 17.3 Å². The number of para-hydroxylation sites is 1. The summed E-state index contributed by atoms with van der Waals surface area (Å²) in [6, 6.07) is 19.1. The van der Waals surface area contributed by atoms with Crippen LogP contribution in [0.3, 0.4) is 0 Å². The van der Waals surface area contributed by atoms with E-state index in [4.69, 9.17) is 16.3 Å². The third-order valence-corrected chi connectivity index (χ3v) is 6.24. The van der Waals surface area contributed by atoms with Crippen molar-refractivity contribution in [2.75, 3.05) is 0 Å². The SMILES string of the molecule is CC1(C)C(/C=C(\Cl)C(F)(F)F)C1CCC(C#N)c1cccc(Oc2ccccc2)c1. The van der Waals surface area contributed by atoms with Gasteiger partial charge in [0, 0.05) is 0 Å². The van der Waals surface area contributed by atoms with Gasteiger partial charge in [0.1, 0.15) is 16.5 Å². The van der Waals surface area contributed by atoms with E-state index in [1.165, 1.54) is 0 Å². The lowest BCUT2D eigenvalue weighted by Crippen LogP contribution is -2.07. The largest absolute Gasteiger partial charge is 0.457 e. The number of ether oxygens (including phenoxy) is 1. The van der Waals surface area contributed by atoms with Crippen LogP contribution < -0.4 is 4.74 Å². The van der Waals surface area contributed by atoms with Crippen molar-refractivity contribution in [3.8, 4) is 17.6 Å². The Balaban J connectivity index is 1.65. The number of rotatable bonds is 7. The summed E-state index contributed by atoms with van der Waals surface area (Å²) < 4.78 is 44.1. The Bertz CT molecular complexity index is 947. The predicted molar refractivity (Wildman–Crippen MR) is 111 cm³/mol. The van der Waals surface area contributed by atoms with Crippen molar-refractivity contribution in [1.29, 1.82) is 5.26 Å². The van der Waals surface area contributed by atoms with Crippen molar-refractivity contribution in [1.82, 2.24) is 0 Å². The smallest absolute Gasteiger partial charge is 0.426 e. The second-order valence-corrected chi connectivity index (χ2v) is 8.62. The third-order valence-electron chi connectivity index (χ3n) is 5.90. The summed E-state index contributed by atoms with van der Waals surface area (Å²) in [6.07, 6.45) is -2.17. The van der Waals surface area contributed by atoms with Gasteiger partial charge in [-0.2, -0.15) is 18.4 Å². The molecular weight excluding hydrogens is 411 g/mol. The Labute approximate surface area is 179 Å². The highest BCUT2D eigenvalue weighted by atomic mass is 35.5. The average molecular weight is 434 g/mol. The summed E-state index contributed by atoms with van der Waals surface area (Å²) in [4.78, 5) is 0. The Morgan fingerprint density at radius 1 is 1.17 bits per heavy atom. The number of hydrogen-bond donors (Lipinski definition) is 0. The Hall–Kier alpha value is -2.45. The lowest BCUT2D eigenvalue weighted by molar-refractivity contribution is -0.0848. The molecule has 0 spiro atoms. The first-order valence-electron chi connectivity index (χ1n) is 9.80. The van der Waals surface area contributed by atoms with Gasteiger partial charge in [-0.15, -0.1) is 0 Å². The zero-order valence-corrected chi connectivity index (χ0v) is 17.5. The number of allylic oxidation sites excluding steroid dienone is 2. The number of nitriles is 1. The second kappa shape index (κ2) is 8.73. The molecule has 6 heteroatoms. The molecule has 158 valence electrons. The van der Waals surface area contributed by atoms with E-state index in [1.807, 2.05) is 68.4 Å². The minimum Gasteiger partial charge on any atom is -0.457 e. The van der Waals surface area contributed by atoms with Gasteiger partial charge in [-0.3, -0.25) is 0 Å². The van der Waals surface area contributed by atoms with Crippen LogP contribution in [-0.4, -0.2) is 6.18 Å². The molecule has 0 radical (unpaired) electrons. The first-order valence-corrected chi connectivity index (χ1v) is 10.2. The van der Waals surface area contributed by atoms with Gasteiger partial charge in [-0.05, 0) is 59.9 Å². The summed E-state index contributed by atoms with van der Waals surface area (Å²) >= 11 is 5.42. The van der Waals surface area contributed by atoms with Gasteiger partial charge in [-0.1, -0.05) is 61.9 Å². The first-order chi connectivity index (χ1) is 14.1. The number of alkyl halides is 3. The molecule has 0 bridgehead atoms. The lowest BCUT2D eigenvalue weighted by Gasteiger charge is -2.12. The predicted octanol–water partition coefficient (Wildman–Crippen LogP) is 7.82. The van der Waals surface area contributed by atoms with Crippen LogP contribution in [0.2, 0.25) is 0 Å². The minimum atomic E-state index is -4.51. The molecule has 0 heterocycles. The standard InChI is InChI=1S/C24H23ClF3NO/c1-23(2)20(21(23)14-22(25)24(26,27)28)12-11-17(15-29)16-7-6-10-19(13-16)30-18-8-4-3-5-9-18/h3-10,13-14,17,20-21H,11-12H2,1-2H3/b22-14-. The van der Waals surface area contributed by atoms with Gasteiger partial charge in [0.2, 0.25) is 0 Å². The number of nitrogens with zero attached hydrogens (tertiary/aromatic N) is 1. The zero-order chi connectivity index (χ0) is 21.9. The molecule has 0 aromatic heterocycles. The highest BCUT2D eigenvalue weighted by Crippen LogP contribution is 2.62. The van der Waals surface area contributed by atoms with E-state index in [0.29, 0.717) is 24.3 Å². The maximum atomic E-state index is 12.7. The topological polar surface area (TPSA) is 33.0 Å². The van der Waals surface area contributed by atoms with Crippen LogP contribution in [-0.2, 0) is 0 Å². The lowest BCUT2D eigenvalue weighted by atomic mass is 9.93. The second-order valence-electron chi connectivity index (χ2n) is 8.21. The van der Waals surface area contributed by atoms with E-state index in [0.717, 1.165) is 11.6 Å². The Morgan fingerprint density at radius 2 is 1.83 bits per heavy atom. The summed E-state index contributed by atoms with van der Waals surface area (Å²) in [6.45, 7) is 3.88. The monoisotopic (exact) mass is 433 g/mol. The van der Waals surface area contributed by atoms with Crippen LogP contribution in [0.4, 0.5) is 13.2 Å². The first kappa shape index (κ1) is 22.2. The van der Waals surface area contributed by atoms with Gasteiger partial charge in [0.15, 0.2) is 0 Å². The van der Waals surface area contributed by atoms with Gasteiger partial charge < -0.3 is 4.74 Å².